The summed E-state index contributed by atoms with van der Waals surface area (Å²) in [4.78, 5) is 5.46. The van der Waals surface area contributed by atoms with Gasteiger partial charge in [0.05, 0.1) is 12.7 Å². The van der Waals surface area contributed by atoms with Crippen LogP contribution in [-0.2, 0) is 12.7 Å². The quantitative estimate of drug-likeness (QED) is 0.925. The van der Waals surface area contributed by atoms with Crippen molar-refractivity contribution in [1.29, 1.82) is 0 Å². The van der Waals surface area contributed by atoms with Crippen molar-refractivity contribution in [2.24, 2.45) is 5.92 Å². The van der Waals surface area contributed by atoms with Crippen LogP contribution in [0.5, 0.6) is 0 Å². The first-order valence-electron chi connectivity index (χ1n) is 6.38. The predicted octanol–water partition coefficient (Wildman–Crippen LogP) is 2.59. The lowest BCUT2D eigenvalue weighted by molar-refractivity contribution is -0.134. The Morgan fingerprint density at radius 3 is 2.63 bits per heavy atom. The van der Waals surface area contributed by atoms with Crippen LogP contribution >= 0.6 is 11.3 Å². The molecule has 1 aliphatic rings. The van der Waals surface area contributed by atoms with E-state index in [0.717, 1.165) is 50.0 Å². The highest BCUT2D eigenvalue weighted by molar-refractivity contribution is 7.11. The number of hydrogen-bond donors (Lipinski definition) is 1. The second-order valence-corrected chi connectivity index (χ2v) is 6.01. The first kappa shape index (κ1) is 14.7. The van der Waals surface area contributed by atoms with E-state index in [2.05, 4.69) is 15.2 Å². The smallest absolute Gasteiger partial charge is 0.319 e. The van der Waals surface area contributed by atoms with Gasteiger partial charge in [-0.15, -0.1) is 11.3 Å². The van der Waals surface area contributed by atoms with Gasteiger partial charge in [-0.3, -0.25) is 4.90 Å². The maximum Gasteiger partial charge on any atom is 0.427 e. The average molecular weight is 293 g/mol. The number of rotatable bonds is 4. The molecule has 0 unspecified atom stereocenters. The van der Waals surface area contributed by atoms with Gasteiger partial charge in [0.2, 0.25) is 0 Å². The molecule has 2 heterocycles. The summed E-state index contributed by atoms with van der Waals surface area (Å²) in [6.45, 7) is 3.43. The van der Waals surface area contributed by atoms with Crippen LogP contribution in [0.3, 0.4) is 0 Å². The van der Waals surface area contributed by atoms with Crippen molar-refractivity contribution in [3.05, 3.63) is 16.1 Å². The number of aromatic nitrogens is 1. The standard InChI is InChI=1S/C12H18F3N3S/c1-16-6-9-2-4-18(5-3-9)8-11-17-7-10(19-11)12(13,14)15/h7,9,16H,2-6,8H2,1H3. The number of likely N-dealkylation sites (tertiary alicyclic amines) is 1. The Bertz CT molecular complexity index is 397. The van der Waals surface area contributed by atoms with Crippen LogP contribution in [0, 0.1) is 5.92 Å². The fraction of sp³-hybridized carbons (Fsp3) is 0.750. The van der Waals surface area contributed by atoms with Gasteiger partial charge in [0.1, 0.15) is 9.88 Å². The lowest BCUT2D eigenvalue weighted by Crippen LogP contribution is -2.36. The minimum Gasteiger partial charge on any atom is -0.319 e. The summed E-state index contributed by atoms with van der Waals surface area (Å²) in [7, 11) is 1.95. The maximum atomic E-state index is 12.5. The lowest BCUT2D eigenvalue weighted by atomic mass is 9.97. The molecule has 0 spiro atoms. The Labute approximate surface area is 114 Å². The number of piperidine rings is 1. The first-order valence-corrected chi connectivity index (χ1v) is 7.19. The van der Waals surface area contributed by atoms with E-state index in [1.807, 2.05) is 7.05 Å². The molecule has 1 fully saturated rings. The molecule has 1 aromatic rings. The average Bonchev–Trinajstić information content (AvgIpc) is 2.80. The number of hydrogen-bond acceptors (Lipinski definition) is 4. The van der Waals surface area contributed by atoms with Gasteiger partial charge < -0.3 is 5.32 Å². The summed E-state index contributed by atoms with van der Waals surface area (Å²) >= 11 is 0.754. The van der Waals surface area contributed by atoms with Gasteiger partial charge >= 0.3 is 6.18 Å². The van der Waals surface area contributed by atoms with Crippen molar-refractivity contribution >= 4 is 11.3 Å². The van der Waals surface area contributed by atoms with E-state index in [9.17, 15) is 13.2 Å². The summed E-state index contributed by atoms with van der Waals surface area (Å²) in [5, 5.41) is 3.72. The molecule has 0 radical (unpaired) electrons. The zero-order valence-electron chi connectivity index (χ0n) is 10.8. The van der Waals surface area contributed by atoms with Gasteiger partial charge in [0.25, 0.3) is 0 Å². The summed E-state index contributed by atoms with van der Waals surface area (Å²) in [5.41, 5.74) is 0. The molecule has 2 rings (SSSR count). The molecule has 1 aromatic heterocycles. The Hall–Kier alpha value is -0.660. The van der Waals surface area contributed by atoms with E-state index < -0.39 is 11.1 Å². The predicted molar refractivity (Wildman–Crippen MR) is 69.0 cm³/mol. The van der Waals surface area contributed by atoms with E-state index in [1.165, 1.54) is 0 Å². The highest BCUT2D eigenvalue weighted by Crippen LogP contribution is 2.33. The second-order valence-electron chi connectivity index (χ2n) is 4.89. The molecule has 108 valence electrons. The number of nitrogens with one attached hydrogen (secondary N) is 1. The normalized spacial score (nSPS) is 18.9. The van der Waals surface area contributed by atoms with Crippen LogP contribution in [0.4, 0.5) is 13.2 Å². The lowest BCUT2D eigenvalue weighted by Gasteiger charge is -2.31. The highest BCUT2D eigenvalue weighted by atomic mass is 32.1. The second kappa shape index (κ2) is 6.19. The fourth-order valence-electron chi connectivity index (χ4n) is 2.34. The van der Waals surface area contributed by atoms with Crippen molar-refractivity contribution in [2.75, 3.05) is 26.7 Å². The fourth-order valence-corrected chi connectivity index (χ4v) is 3.17. The third-order valence-electron chi connectivity index (χ3n) is 3.39. The van der Waals surface area contributed by atoms with Crippen molar-refractivity contribution in [3.8, 4) is 0 Å². The van der Waals surface area contributed by atoms with E-state index in [1.54, 1.807) is 0 Å². The molecule has 0 saturated carbocycles. The molecular weight excluding hydrogens is 275 g/mol. The summed E-state index contributed by atoms with van der Waals surface area (Å²) in [5.74, 6) is 0.684. The van der Waals surface area contributed by atoms with Crippen LogP contribution < -0.4 is 5.32 Å². The number of thiazole rings is 1. The van der Waals surface area contributed by atoms with Gasteiger partial charge in [0, 0.05) is 0 Å². The van der Waals surface area contributed by atoms with Crippen molar-refractivity contribution in [2.45, 2.75) is 25.6 Å². The molecule has 0 amide bonds. The van der Waals surface area contributed by atoms with E-state index in [4.69, 9.17) is 0 Å². The summed E-state index contributed by atoms with van der Waals surface area (Å²) in [6, 6.07) is 0. The van der Waals surface area contributed by atoms with Gasteiger partial charge in [-0.1, -0.05) is 0 Å². The van der Waals surface area contributed by atoms with Gasteiger partial charge in [-0.2, -0.15) is 13.2 Å². The molecule has 1 N–H and O–H groups in total. The van der Waals surface area contributed by atoms with Gasteiger partial charge in [0.15, 0.2) is 0 Å². The minimum atomic E-state index is -4.27. The Kier molecular flexibility index (Phi) is 4.81. The van der Waals surface area contributed by atoms with Crippen LogP contribution in [0.2, 0.25) is 0 Å². The van der Waals surface area contributed by atoms with Crippen molar-refractivity contribution in [1.82, 2.24) is 15.2 Å². The van der Waals surface area contributed by atoms with E-state index in [-0.39, 0.29) is 0 Å². The third kappa shape index (κ3) is 4.15. The molecule has 1 saturated heterocycles. The van der Waals surface area contributed by atoms with Crippen LogP contribution in [0.15, 0.2) is 6.20 Å². The SMILES string of the molecule is CNCC1CCN(Cc2ncc(C(F)(F)F)s2)CC1. The number of nitrogens with zero attached hydrogens (tertiary/aromatic N) is 2. The zero-order valence-corrected chi connectivity index (χ0v) is 11.7. The molecule has 0 bridgehead atoms. The highest BCUT2D eigenvalue weighted by Gasteiger charge is 2.33. The Morgan fingerprint density at radius 2 is 2.11 bits per heavy atom. The Morgan fingerprint density at radius 1 is 1.42 bits per heavy atom. The van der Waals surface area contributed by atoms with E-state index >= 15 is 0 Å². The topological polar surface area (TPSA) is 28.2 Å². The molecule has 7 heteroatoms. The maximum absolute atomic E-state index is 12.5. The summed E-state index contributed by atoms with van der Waals surface area (Å²) in [6.07, 6.45) is -1.14. The largest absolute Gasteiger partial charge is 0.427 e. The molecule has 0 atom stereocenters. The van der Waals surface area contributed by atoms with Crippen LogP contribution in [0.25, 0.3) is 0 Å². The number of halogens is 3. The molecule has 1 aliphatic heterocycles. The minimum absolute atomic E-state index is 0.535. The molecule has 3 nitrogen and oxygen atoms in total. The number of alkyl halides is 3. The molecular formula is C12H18F3N3S. The first-order chi connectivity index (χ1) is 8.99. The van der Waals surface area contributed by atoms with Gasteiger partial charge in [-0.25, -0.2) is 4.98 Å². The zero-order chi connectivity index (χ0) is 13.9. The molecule has 0 aliphatic carbocycles. The summed E-state index contributed by atoms with van der Waals surface area (Å²) < 4.78 is 37.4. The van der Waals surface area contributed by atoms with Gasteiger partial charge in [-0.05, 0) is 45.4 Å². The van der Waals surface area contributed by atoms with Crippen molar-refractivity contribution in [3.63, 3.8) is 0 Å². The molecule has 19 heavy (non-hydrogen) atoms. The van der Waals surface area contributed by atoms with Crippen LogP contribution in [0.1, 0.15) is 22.7 Å². The van der Waals surface area contributed by atoms with Crippen molar-refractivity contribution < 1.29 is 13.2 Å². The monoisotopic (exact) mass is 293 g/mol. The Balaban J connectivity index is 1.84. The third-order valence-corrected chi connectivity index (χ3v) is 4.42. The van der Waals surface area contributed by atoms with Crippen LogP contribution in [-0.4, -0.2) is 36.6 Å². The van der Waals surface area contributed by atoms with E-state index in [0.29, 0.717) is 17.5 Å². The molecule has 0 aromatic carbocycles.